The van der Waals surface area contributed by atoms with Gasteiger partial charge >= 0.3 is 0 Å². The minimum absolute atomic E-state index is 0.0498. The van der Waals surface area contributed by atoms with Crippen molar-refractivity contribution in [2.75, 3.05) is 0 Å². The Kier molecular flexibility index (Phi) is 2.26. The standard InChI is InChI=1S/C10H6Si/c1-3-8-6-5-7-9(4-2)10(8)11/h5-8H,11H2. The molecule has 0 amide bonds. The van der Waals surface area contributed by atoms with Gasteiger partial charge < -0.3 is 0 Å². The first kappa shape index (κ1) is 7.79. The maximum Gasteiger partial charge on any atom is 0.0609 e. The van der Waals surface area contributed by atoms with E-state index in [4.69, 9.17) is 12.8 Å². The van der Waals surface area contributed by atoms with Crippen LogP contribution in [0.3, 0.4) is 0 Å². The Labute approximate surface area is 70.0 Å². The molecule has 0 spiro atoms. The topological polar surface area (TPSA) is 0 Å². The van der Waals surface area contributed by atoms with E-state index in [1.807, 2.05) is 18.2 Å². The summed E-state index contributed by atoms with van der Waals surface area (Å²) in [5.41, 5.74) is 0.774. The first-order chi connectivity index (χ1) is 5.29. The number of allylic oxidation sites excluding steroid dienone is 4. The van der Waals surface area contributed by atoms with E-state index in [2.05, 4.69) is 11.8 Å². The highest BCUT2D eigenvalue weighted by molar-refractivity contribution is 6.46. The molecule has 0 aromatic carbocycles. The summed E-state index contributed by atoms with van der Waals surface area (Å²) in [5.74, 6) is 4.66. The van der Waals surface area contributed by atoms with Gasteiger partial charge in [-0.25, -0.2) is 0 Å². The highest BCUT2D eigenvalue weighted by Crippen LogP contribution is 2.12. The first-order valence-electron chi connectivity index (χ1n) is 3.22. The second-order valence-electron chi connectivity index (χ2n) is 2.24. The van der Waals surface area contributed by atoms with Crippen molar-refractivity contribution in [2.24, 2.45) is 5.92 Å². The van der Waals surface area contributed by atoms with Crippen LogP contribution in [0, 0.1) is 30.6 Å². The third-order valence-corrected chi connectivity index (χ3v) is 2.40. The van der Waals surface area contributed by atoms with Crippen molar-refractivity contribution in [2.45, 2.75) is 0 Å². The molecule has 1 atom stereocenters. The first-order valence-corrected chi connectivity index (χ1v) is 3.93. The fourth-order valence-electron chi connectivity index (χ4n) is 0.911. The van der Waals surface area contributed by atoms with Crippen molar-refractivity contribution in [3.8, 4) is 11.8 Å². The zero-order valence-corrected chi connectivity index (χ0v) is 7.43. The van der Waals surface area contributed by atoms with Gasteiger partial charge in [-0.15, -0.1) is 0 Å². The average molecular weight is 154 g/mol. The van der Waals surface area contributed by atoms with E-state index in [1.165, 1.54) is 0 Å². The largest absolute Gasteiger partial charge is 0.0771 e. The lowest BCUT2D eigenvalue weighted by molar-refractivity contribution is 1.20. The molecule has 1 aliphatic rings. The fourth-order valence-corrected chi connectivity index (χ4v) is 1.36. The lowest BCUT2D eigenvalue weighted by atomic mass is 9.95. The molecule has 1 unspecified atom stereocenters. The van der Waals surface area contributed by atoms with Crippen LogP contribution in [0.2, 0.25) is 0 Å². The Bertz CT molecular complexity index is 318. The van der Waals surface area contributed by atoms with Gasteiger partial charge in [-0.2, -0.15) is 0 Å². The van der Waals surface area contributed by atoms with Gasteiger partial charge in [0.15, 0.2) is 0 Å². The Balaban J connectivity index is 2.99. The van der Waals surface area contributed by atoms with Crippen molar-refractivity contribution < 1.29 is 0 Å². The van der Waals surface area contributed by atoms with Crippen LogP contribution < -0.4 is 0 Å². The van der Waals surface area contributed by atoms with Crippen LogP contribution in [0.4, 0.5) is 0 Å². The maximum absolute atomic E-state index is 6.96. The molecule has 50 valence electrons. The van der Waals surface area contributed by atoms with Gasteiger partial charge in [0.25, 0.3) is 0 Å². The predicted molar refractivity (Wildman–Crippen MR) is 48.5 cm³/mol. The minimum Gasteiger partial charge on any atom is -0.0771 e. The molecule has 2 radical (unpaired) electrons. The predicted octanol–water partition coefficient (Wildman–Crippen LogP) is 0.0839. The molecule has 0 fully saturated rings. The molecule has 0 aromatic heterocycles. The summed E-state index contributed by atoms with van der Waals surface area (Å²) >= 11 is 0. The number of hydrogen-bond acceptors (Lipinski definition) is 0. The van der Waals surface area contributed by atoms with Gasteiger partial charge in [0.1, 0.15) is 0 Å². The summed E-state index contributed by atoms with van der Waals surface area (Å²) in [6.45, 7) is 0. The molecule has 0 N–H and O–H groups in total. The third kappa shape index (κ3) is 1.39. The van der Waals surface area contributed by atoms with Crippen LogP contribution in [0.1, 0.15) is 0 Å². The van der Waals surface area contributed by atoms with Crippen LogP contribution in [0.5, 0.6) is 0 Å². The molecular formula is C10H6Si. The summed E-state index contributed by atoms with van der Waals surface area (Å²) < 4.78 is 0. The van der Waals surface area contributed by atoms with Gasteiger partial charge in [0, 0.05) is 5.57 Å². The molecule has 1 rings (SSSR count). The number of hydrogen-bond donors (Lipinski definition) is 0. The van der Waals surface area contributed by atoms with Crippen molar-refractivity contribution >= 4 is 15.0 Å². The summed E-state index contributed by atoms with van der Waals surface area (Å²) in [6.07, 6.45) is 19.4. The van der Waals surface area contributed by atoms with E-state index in [0.717, 1.165) is 10.7 Å². The second kappa shape index (κ2) is 3.19. The van der Waals surface area contributed by atoms with E-state index < -0.39 is 0 Å². The Hall–Kier alpha value is -1.31. The van der Waals surface area contributed by atoms with E-state index in [0.29, 0.717) is 0 Å². The summed E-state index contributed by atoms with van der Waals surface area (Å²) in [4.78, 5) is 0. The summed E-state index contributed by atoms with van der Waals surface area (Å²) in [7, 11) is 1.69. The van der Waals surface area contributed by atoms with Crippen LogP contribution in [-0.4, -0.2) is 15.0 Å². The molecule has 0 nitrogen and oxygen atoms in total. The molecule has 1 heteroatoms. The lowest BCUT2D eigenvalue weighted by Gasteiger charge is -2.12. The highest BCUT2D eigenvalue weighted by Gasteiger charge is 2.10. The van der Waals surface area contributed by atoms with Crippen LogP contribution in [0.25, 0.3) is 0 Å². The summed E-state index contributed by atoms with van der Waals surface area (Å²) in [5, 5.41) is 0.998. The van der Waals surface area contributed by atoms with Gasteiger partial charge in [-0.1, -0.05) is 24.0 Å². The number of rotatable bonds is 0. The quantitative estimate of drug-likeness (QED) is 0.342. The molecule has 0 saturated carbocycles. The fraction of sp³-hybridized carbons (Fsp3) is 0.100. The molecule has 0 heterocycles. The Morgan fingerprint density at radius 1 is 1.45 bits per heavy atom. The van der Waals surface area contributed by atoms with Gasteiger partial charge in [0.2, 0.25) is 0 Å². The lowest BCUT2D eigenvalue weighted by Crippen LogP contribution is -2.15. The SMILES string of the molecule is [C]#CC1=CC=CC(C#[C])C1=[SiH2]. The van der Waals surface area contributed by atoms with E-state index >= 15 is 0 Å². The zero-order valence-electron chi connectivity index (χ0n) is 6.02. The normalized spacial score (nSPS) is 21.8. The molecule has 0 bridgehead atoms. The van der Waals surface area contributed by atoms with Gasteiger partial charge in [-0.05, 0) is 33.9 Å². The maximum atomic E-state index is 6.96. The third-order valence-electron chi connectivity index (χ3n) is 1.58. The van der Waals surface area contributed by atoms with Crippen molar-refractivity contribution in [3.05, 3.63) is 36.6 Å². The van der Waals surface area contributed by atoms with E-state index in [-0.39, 0.29) is 5.92 Å². The average Bonchev–Trinajstić information content (AvgIpc) is 2.05. The van der Waals surface area contributed by atoms with Crippen LogP contribution in [0.15, 0.2) is 23.8 Å². The molecule has 0 aliphatic heterocycles. The molecule has 11 heavy (non-hydrogen) atoms. The van der Waals surface area contributed by atoms with Crippen LogP contribution >= 0.6 is 0 Å². The van der Waals surface area contributed by atoms with Crippen molar-refractivity contribution in [3.63, 3.8) is 0 Å². The van der Waals surface area contributed by atoms with E-state index in [1.54, 1.807) is 9.85 Å². The van der Waals surface area contributed by atoms with Gasteiger partial charge in [0.05, 0.1) is 5.92 Å². The second-order valence-corrected chi connectivity index (χ2v) is 3.00. The molecule has 0 aromatic rings. The Morgan fingerprint density at radius 3 is 2.73 bits per heavy atom. The molecule has 1 aliphatic carbocycles. The van der Waals surface area contributed by atoms with Crippen molar-refractivity contribution in [1.29, 1.82) is 0 Å². The smallest absolute Gasteiger partial charge is 0.0609 e. The van der Waals surface area contributed by atoms with Crippen molar-refractivity contribution in [1.82, 2.24) is 0 Å². The monoisotopic (exact) mass is 154 g/mol. The zero-order chi connectivity index (χ0) is 8.27. The molecular weight excluding hydrogens is 148 g/mol. The molecule has 0 saturated heterocycles. The highest BCUT2D eigenvalue weighted by atomic mass is 28.1. The van der Waals surface area contributed by atoms with E-state index in [9.17, 15) is 0 Å². The summed E-state index contributed by atoms with van der Waals surface area (Å²) in [6, 6.07) is 0. The minimum atomic E-state index is -0.0498. The van der Waals surface area contributed by atoms with Crippen LogP contribution in [-0.2, 0) is 0 Å². The van der Waals surface area contributed by atoms with Gasteiger partial charge in [-0.3, -0.25) is 0 Å². The Morgan fingerprint density at radius 2 is 2.18 bits per heavy atom.